The number of carbonyl (C=O) groups is 1. The Bertz CT molecular complexity index is 793. The molecule has 2 heterocycles. The highest BCUT2D eigenvalue weighted by atomic mass is 16.7. The van der Waals surface area contributed by atoms with Crippen molar-refractivity contribution in [1.82, 2.24) is 0 Å². The third-order valence-corrected chi connectivity index (χ3v) is 11.4. The third kappa shape index (κ3) is 5.17. The number of carbonyl (C=O) groups excluding carboxylic acids is 1. The first-order chi connectivity index (χ1) is 17.8. The quantitative estimate of drug-likeness (QED) is 0.110. The molecule has 2 spiro atoms. The van der Waals surface area contributed by atoms with Crippen molar-refractivity contribution in [2.75, 3.05) is 6.61 Å². The second-order valence-electron chi connectivity index (χ2n) is 14.7. The van der Waals surface area contributed by atoms with E-state index in [-0.39, 0.29) is 22.4 Å². The molecule has 0 radical (unpaired) electrons. The number of epoxide rings is 1. The van der Waals surface area contributed by atoms with Crippen LogP contribution in [0.25, 0.3) is 0 Å². The van der Waals surface area contributed by atoms with Crippen molar-refractivity contribution in [1.29, 1.82) is 0 Å². The summed E-state index contributed by atoms with van der Waals surface area (Å²) in [7, 11) is 0. The Morgan fingerprint density at radius 3 is 1.97 bits per heavy atom. The van der Waals surface area contributed by atoms with E-state index in [4.69, 9.17) is 14.2 Å². The van der Waals surface area contributed by atoms with Gasteiger partial charge in [-0.25, -0.2) is 0 Å². The lowest BCUT2D eigenvalue weighted by atomic mass is 9.64. The molecule has 37 heavy (non-hydrogen) atoms. The Morgan fingerprint density at radius 1 is 0.811 bits per heavy atom. The van der Waals surface area contributed by atoms with Gasteiger partial charge in [-0.1, -0.05) is 118 Å². The summed E-state index contributed by atoms with van der Waals surface area (Å²) < 4.78 is 18.8. The van der Waals surface area contributed by atoms with Crippen molar-refractivity contribution in [2.24, 2.45) is 28.1 Å². The SMILES string of the molecule is CCCCCCCCCCCCCCCCCC(=O)OC1OCC23OC2C2CC(C)(C)CC2C2(C)CC123. The molecule has 2 aliphatic heterocycles. The first-order valence-corrected chi connectivity index (χ1v) is 16.3. The molecular formula is C33H56O4. The van der Waals surface area contributed by atoms with Gasteiger partial charge < -0.3 is 14.2 Å². The lowest BCUT2D eigenvalue weighted by Gasteiger charge is -2.37. The normalized spacial score (nSPS) is 40.0. The van der Waals surface area contributed by atoms with Crippen molar-refractivity contribution in [2.45, 2.75) is 168 Å². The standard InChI is InChI=1S/C33H56O4/c1-5-6-7-8-9-10-11-12-13-14-15-16-17-18-19-20-27(34)36-29-32-23-31(32,4)26-22-30(2,3)21-25(26)28-33(32,37-28)24-35-29/h25-26,28-29H,5-24H2,1-4H3. The number of unbranched alkanes of at least 4 members (excludes halogenated alkanes) is 14. The van der Waals surface area contributed by atoms with Crippen LogP contribution in [0.4, 0.5) is 0 Å². The van der Waals surface area contributed by atoms with Crippen molar-refractivity contribution in [3.63, 3.8) is 0 Å². The van der Waals surface area contributed by atoms with E-state index in [0.29, 0.717) is 36.4 Å². The van der Waals surface area contributed by atoms with E-state index in [1.807, 2.05) is 0 Å². The monoisotopic (exact) mass is 516 g/mol. The number of ether oxygens (including phenoxy) is 3. The zero-order valence-corrected chi connectivity index (χ0v) is 24.6. The van der Waals surface area contributed by atoms with Gasteiger partial charge in [0.2, 0.25) is 6.29 Å². The molecule has 3 saturated carbocycles. The molecule has 5 aliphatic rings. The molecule has 0 amide bonds. The minimum atomic E-state index is -0.393. The maximum Gasteiger partial charge on any atom is 0.308 e. The Morgan fingerprint density at radius 2 is 1.38 bits per heavy atom. The summed E-state index contributed by atoms with van der Waals surface area (Å²) in [5.41, 5.74) is 0.350. The summed E-state index contributed by atoms with van der Waals surface area (Å²) >= 11 is 0. The summed E-state index contributed by atoms with van der Waals surface area (Å²) in [5, 5.41) is 0. The largest absolute Gasteiger partial charge is 0.435 e. The van der Waals surface area contributed by atoms with Gasteiger partial charge >= 0.3 is 5.97 Å². The molecule has 0 N–H and O–H groups in total. The Balaban J connectivity index is 0.928. The number of esters is 1. The molecule has 0 aromatic carbocycles. The minimum absolute atomic E-state index is 0.0635. The van der Waals surface area contributed by atoms with Gasteiger partial charge in [0.05, 0.1) is 18.1 Å². The molecule has 0 bridgehead atoms. The minimum Gasteiger partial charge on any atom is -0.435 e. The van der Waals surface area contributed by atoms with Crippen molar-refractivity contribution < 1.29 is 19.0 Å². The molecule has 4 heteroatoms. The van der Waals surface area contributed by atoms with Crippen LogP contribution in [0.3, 0.4) is 0 Å². The fraction of sp³-hybridized carbons (Fsp3) is 0.970. The summed E-state index contributed by atoms with van der Waals surface area (Å²) in [5.74, 6) is 1.28. The Hall–Kier alpha value is -0.610. The van der Waals surface area contributed by atoms with E-state index >= 15 is 0 Å². The summed E-state index contributed by atoms with van der Waals surface area (Å²) in [6, 6.07) is 0. The van der Waals surface area contributed by atoms with E-state index in [1.54, 1.807) is 0 Å². The highest BCUT2D eigenvalue weighted by molar-refractivity contribution is 5.69. The van der Waals surface area contributed by atoms with Crippen LogP contribution in [0.5, 0.6) is 0 Å². The molecule has 5 fully saturated rings. The van der Waals surface area contributed by atoms with Gasteiger partial charge in [-0.05, 0) is 48.3 Å². The molecule has 0 aromatic heterocycles. The van der Waals surface area contributed by atoms with E-state index in [2.05, 4.69) is 27.7 Å². The van der Waals surface area contributed by atoms with Gasteiger partial charge in [-0.3, -0.25) is 4.79 Å². The van der Waals surface area contributed by atoms with Gasteiger partial charge in [0.1, 0.15) is 5.60 Å². The number of fused-ring (bicyclic) bond motifs is 3. The fourth-order valence-electron chi connectivity index (χ4n) is 9.33. The molecule has 7 atom stereocenters. The maximum absolute atomic E-state index is 12.8. The Labute approximate surface area is 227 Å². The van der Waals surface area contributed by atoms with Crippen molar-refractivity contribution in [3.05, 3.63) is 0 Å². The second kappa shape index (κ2) is 11.1. The highest BCUT2D eigenvalue weighted by Crippen LogP contribution is 2.88. The first-order valence-electron chi connectivity index (χ1n) is 16.3. The summed E-state index contributed by atoms with van der Waals surface area (Å²) in [6.45, 7) is 10.2. The summed E-state index contributed by atoms with van der Waals surface area (Å²) in [4.78, 5) is 12.8. The second-order valence-corrected chi connectivity index (χ2v) is 14.7. The van der Waals surface area contributed by atoms with Gasteiger partial charge in [0.25, 0.3) is 0 Å². The Kier molecular flexibility index (Phi) is 8.39. The van der Waals surface area contributed by atoms with Gasteiger partial charge in [-0.2, -0.15) is 0 Å². The van der Waals surface area contributed by atoms with E-state index < -0.39 is 6.29 Å². The number of rotatable bonds is 17. The van der Waals surface area contributed by atoms with E-state index in [0.717, 1.165) is 19.3 Å². The predicted molar refractivity (Wildman–Crippen MR) is 148 cm³/mol. The molecule has 7 unspecified atom stereocenters. The highest BCUT2D eigenvalue weighted by Gasteiger charge is 2.95. The predicted octanol–water partition coefficient (Wildman–Crippen LogP) is 8.75. The van der Waals surface area contributed by atoms with Crippen LogP contribution in [0.2, 0.25) is 0 Å². The van der Waals surface area contributed by atoms with Crippen LogP contribution in [-0.2, 0) is 19.0 Å². The topological polar surface area (TPSA) is 48.1 Å². The molecule has 212 valence electrons. The van der Waals surface area contributed by atoms with Crippen LogP contribution in [0, 0.1) is 28.1 Å². The van der Waals surface area contributed by atoms with Gasteiger partial charge in [0.15, 0.2) is 0 Å². The van der Waals surface area contributed by atoms with Gasteiger partial charge in [0, 0.05) is 6.42 Å². The zero-order valence-electron chi connectivity index (χ0n) is 24.6. The average molecular weight is 517 g/mol. The third-order valence-electron chi connectivity index (χ3n) is 11.4. The van der Waals surface area contributed by atoms with Crippen LogP contribution >= 0.6 is 0 Å². The lowest BCUT2D eigenvalue weighted by molar-refractivity contribution is -0.182. The van der Waals surface area contributed by atoms with Crippen LogP contribution in [0.1, 0.15) is 150 Å². The average Bonchev–Trinajstić information content (AvgIpc) is 3.67. The smallest absolute Gasteiger partial charge is 0.308 e. The zero-order chi connectivity index (χ0) is 26.2. The molecule has 0 aromatic rings. The number of hydrogen-bond donors (Lipinski definition) is 0. The number of hydrogen-bond acceptors (Lipinski definition) is 4. The molecule has 2 saturated heterocycles. The van der Waals surface area contributed by atoms with Crippen molar-refractivity contribution in [3.8, 4) is 0 Å². The van der Waals surface area contributed by atoms with E-state index in [9.17, 15) is 4.79 Å². The van der Waals surface area contributed by atoms with E-state index in [1.165, 1.54) is 96.3 Å². The molecular weight excluding hydrogens is 460 g/mol. The molecule has 3 aliphatic carbocycles. The lowest BCUT2D eigenvalue weighted by Crippen LogP contribution is -2.46. The fourth-order valence-corrected chi connectivity index (χ4v) is 9.33. The molecule has 4 nitrogen and oxygen atoms in total. The van der Waals surface area contributed by atoms with Crippen LogP contribution in [-0.4, -0.2) is 30.6 Å². The van der Waals surface area contributed by atoms with Crippen LogP contribution in [0.15, 0.2) is 0 Å². The summed E-state index contributed by atoms with van der Waals surface area (Å²) in [6.07, 6.45) is 24.2. The van der Waals surface area contributed by atoms with Gasteiger partial charge in [-0.15, -0.1) is 0 Å². The van der Waals surface area contributed by atoms with Crippen molar-refractivity contribution >= 4 is 5.97 Å². The van der Waals surface area contributed by atoms with Crippen LogP contribution < -0.4 is 0 Å². The maximum atomic E-state index is 12.8. The molecule has 5 rings (SSSR count). The first kappa shape index (κ1) is 27.9.